The number of aromatic nitrogens is 5. The number of pyridine rings is 3. The number of hydrogen-bond acceptors (Lipinski definition) is 4. The van der Waals surface area contributed by atoms with Crippen LogP contribution in [-0.2, 0) is 12.8 Å². The van der Waals surface area contributed by atoms with Gasteiger partial charge in [0.2, 0.25) is 5.88 Å². The maximum Gasteiger partial charge on any atom is 0.221 e. The molecule has 8 aromatic rings. The predicted molar refractivity (Wildman–Crippen MR) is 192 cm³/mol. The molecule has 232 valence electrons. The van der Waals surface area contributed by atoms with E-state index >= 15 is 0 Å². The lowest BCUT2D eigenvalue weighted by atomic mass is 10.1. The van der Waals surface area contributed by atoms with Gasteiger partial charge in [-0.2, -0.15) is 0 Å². The lowest BCUT2D eigenvalue weighted by molar-refractivity contribution is 0.464. The van der Waals surface area contributed by atoms with Crippen molar-refractivity contribution in [3.63, 3.8) is 0 Å². The van der Waals surface area contributed by atoms with Crippen LogP contribution in [0, 0.1) is 11.8 Å². The van der Waals surface area contributed by atoms with Crippen molar-refractivity contribution in [2.75, 3.05) is 0 Å². The molecule has 8 rings (SSSR count). The number of fused-ring (bicyclic) bond motifs is 6. The monoisotopic (exact) mass is 615 g/mol. The topological polar surface area (TPSA) is 57.8 Å². The van der Waals surface area contributed by atoms with Gasteiger partial charge in [-0.05, 0) is 72.2 Å². The van der Waals surface area contributed by atoms with Crippen molar-refractivity contribution in [2.45, 2.75) is 40.5 Å². The Morgan fingerprint density at radius 3 is 1.60 bits per heavy atom. The van der Waals surface area contributed by atoms with E-state index in [2.05, 4.69) is 122 Å². The smallest absolute Gasteiger partial charge is 0.221 e. The molecule has 0 amide bonds. The van der Waals surface area contributed by atoms with Gasteiger partial charge in [0.15, 0.2) is 0 Å². The van der Waals surface area contributed by atoms with Gasteiger partial charge in [0.05, 0.1) is 22.1 Å². The summed E-state index contributed by atoms with van der Waals surface area (Å²) in [5.41, 5.74) is 6.72. The van der Waals surface area contributed by atoms with Crippen molar-refractivity contribution in [1.82, 2.24) is 24.1 Å². The highest BCUT2D eigenvalue weighted by Crippen LogP contribution is 2.37. The zero-order chi connectivity index (χ0) is 32.1. The summed E-state index contributed by atoms with van der Waals surface area (Å²) < 4.78 is 10.9. The van der Waals surface area contributed by atoms with Crippen LogP contribution in [0.4, 0.5) is 0 Å². The summed E-state index contributed by atoms with van der Waals surface area (Å²) >= 11 is 0. The van der Waals surface area contributed by atoms with Gasteiger partial charge in [-0.15, -0.1) is 0 Å². The molecule has 47 heavy (non-hydrogen) atoms. The molecule has 0 saturated heterocycles. The van der Waals surface area contributed by atoms with Crippen LogP contribution in [0.5, 0.6) is 11.6 Å². The summed E-state index contributed by atoms with van der Waals surface area (Å²) in [5, 5.41) is 4.52. The van der Waals surface area contributed by atoms with E-state index in [0.717, 1.165) is 62.7 Å². The number of hydrogen-bond donors (Lipinski definition) is 0. The Balaban J connectivity index is 1.21. The second-order valence-electron chi connectivity index (χ2n) is 13.3. The van der Waals surface area contributed by atoms with Crippen molar-refractivity contribution in [3.05, 3.63) is 127 Å². The Labute approximate surface area is 274 Å². The maximum atomic E-state index is 6.52. The van der Waals surface area contributed by atoms with E-state index in [0.29, 0.717) is 23.5 Å². The van der Waals surface area contributed by atoms with Gasteiger partial charge in [-0.3, -0.25) is 9.13 Å². The number of benzene rings is 3. The molecule has 0 aliphatic rings. The van der Waals surface area contributed by atoms with E-state index in [1.807, 2.05) is 30.7 Å². The van der Waals surface area contributed by atoms with Crippen LogP contribution in [0.2, 0.25) is 0 Å². The van der Waals surface area contributed by atoms with E-state index in [9.17, 15) is 0 Å². The number of para-hydroxylation sites is 2. The fourth-order valence-electron chi connectivity index (χ4n) is 6.81. The van der Waals surface area contributed by atoms with Crippen LogP contribution in [-0.4, -0.2) is 24.1 Å². The Kier molecular flexibility index (Phi) is 7.21. The summed E-state index contributed by atoms with van der Waals surface area (Å²) in [6, 6.07) is 33.8. The predicted octanol–water partition coefficient (Wildman–Crippen LogP) is 10.3. The lowest BCUT2D eigenvalue weighted by Crippen LogP contribution is -2.00. The first-order valence-electron chi connectivity index (χ1n) is 16.4. The van der Waals surface area contributed by atoms with Crippen LogP contribution in [0.3, 0.4) is 0 Å². The van der Waals surface area contributed by atoms with Gasteiger partial charge in [0.25, 0.3) is 0 Å². The number of nitrogens with zero attached hydrogens (tertiary/aromatic N) is 5. The van der Waals surface area contributed by atoms with Crippen molar-refractivity contribution in [1.29, 1.82) is 0 Å². The Morgan fingerprint density at radius 2 is 1.04 bits per heavy atom. The molecule has 0 aliphatic carbocycles. The van der Waals surface area contributed by atoms with Crippen molar-refractivity contribution < 1.29 is 4.74 Å². The van der Waals surface area contributed by atoms with Gasteiger partial charge >= 0.3 is 0 Å². The van der Waals surface area contributed by atoms with Gasteiger partial charge in [-0.25, -0.2) is 15.0 Å². The number of rotatable bonds is 8. The van der Waals surface area contributed by atoms with Crippen molar-refractivity contribution >= 4 is 43.6 Å². The highest BCUT2D eigenvalue weighted by atomic mass is 16.5. The average Bonchev–Trinajstić information content (AvgIpc) is 3.57. The zero-order valence-corrected chi connectivity index (χ0v) is 27.2. The first-order chi connectivity index (χ1) is 22.9. The first kappa shape index (κ1) is 28.9. The molecular formula is C41H37N5O. The van der Waals surface area contributed by atoms with Crippen LogP contribution in [0.1, 0.15) is 38.8 Å². The van der Waals surface area contributed by atoms with E-state index in [1.165, 1.54) is 16.5 Å². The highest BCUT2D eigenvalue weighted by molar-refractivity contribution is 6.10. The lowest BCUT2D eigenvalue weighted by Gasteiger charge is -2.11. The molecule has 0 atom stereocenters. The van der Waals surface area contributed by atoms with Crippen LogP contribution < -0.4 is 4.74 Å². The fourth-order valence-corrected chi connectivity index (χ4v) is 6.81. The van der Waals surface area contributed by atoms with Crippen LogP contribution >= 0.6 is 0 Å². The Bertz CT molecular complexity index is 2210. The molecule has 0 saturated carbocycles. The third kappa shape index (κ3) is 5.30. The first-order valence-corrected chi connectivity index (χ1v) is 16.4. The normalized spacial score (nSPS) is 12.0. The standard InChI is InChI=1S/C41H37N5O/c1-26(2)19-28-13-17-39(42-23-28)45-35-11-7-5-9-31(35)33-16-15-30(21-37(33)45)47-41-22-38-34(25-44-41)32-10-6-8-12-36(32)46(38)40-18-14-29(24-43-40)20-27(3)4/h5-18,21-27H,19-20H2,1-4H3. The van der Waals surface area contributed by atoms with Crippen molar-refractivity contribution in [2.24, 2.45) is 11.8 Å². The molecular weight excluding hydrogens is 578 g/mol. The fraction of sp³-hybridized carbons (Fsp3) is 0.195. The molecule has 5 aromatic heterocycles. The summed E-state index contributed by atoms with van der Waals surface area (Å²) in [6.45, 7) is 8.93. The molecule has 0 aliphatic heterocycles. The molecule has 0 spiro atoms. The largest absolute Gasteiger partial charge is 0.439 e. The molecule has 5 heterocycles. The highest BCUT2D eigenvalue weighted by Gasteiger charge is 2.17. The van der Waals surface area contributed by atoms with Gasteiger partial charge in [0.1, 0.15) is 17.4 Å². The summed E-state index contributed by atoms with van der Waals surface area (Å²) in [7, 11) is 0. The third-order valence-corrected chi connectivity index (χ3v) is 8.77. The third-order valence-electron chi connectivity index (χ3n) is 8.77. The van der Waals surface area contributed by atoms with Gasteiger partial charge in [-0.1, -0.05) is 76.2 Å². The maximum absolute atomic E-state index is 6.52. The number of ether oxygens (including phenoxy) is 1. The molecule has 0 unspecified atom stereocenters. The van der Waals surface area contributed by atoms with Gasteiger partial charge < -0.3 is 4.74 Å². The van der Waals surface area contributed by atoms with E-state index in [-0.39, 0.29) is 0 Å². The molecule has 0 bridgehead atoms. The molecule has 0 N–H and O–H groups in total. The molecule has 6 nitrogen and oxygen atoms in total. The molecule has 6 heteroatoms. The summed E-state index contributed by atoms with van der Waals surface area (Å²) in [4.78, 5) is 14.6. The van der Waals surface area contributed by atoms with Crippen LogP contribution in [0.25, 0.3) is 55.2 Å². The zero-order valence-electron chi connectivity index (χ0n) is 27.2. The summed E-state index contributed by atoms with van der Waals surface area (Å²) in [5.74, 6) is 4.15. The van der Waals surface area contributed by atoms with E-state index < -0.39 is 0 Å². The van der Waals surface area contributed by atoms with Crippen molar-refractivity contribution in [3.8, 4) is 23.3 Å². The second-order valence-corrected chi connectivity index (χ2v) is 13.3. The summed E-state index contributed by atoms with van der Waals surface area (Å²) in [6.07, 6.45) is 7.92. The molecule has 3 aromatic carbocycles. The molecule has 0 radical (unpaired) electrons. The van der Waals surface area contributed by atoms with Crippen LogP contribution in [0.15, 0.2) is 116 Å². The minimum absolute atomic E-state index is 0.524. The Hall–Kier alpha value is -5.49. The minimum Gasteiger partial charge on any atom is -0.439 e. The quantitative estimate of drug-likeness (QED) is 0.171. The SMILES string of the molecule is CC(C)Cc1ccc(-n2c3ccccc3c3ccc(Oc4cc5c(cn4)c4ccccc4n5-c4ccc(CC(C)C)cn4)cc32)nc1. The van der Waals surface area contributed by atoms with E-state index in [4.69, 9.17) is 19.7 Å². The average molecular weight is 616 g/mol. The molecule has 0 fully saturated rings. The second kappa shape index (κ2) is 11.7. The minimum atomic E-state index is 0.524. The van der Waals surface area contributed by atoms with Gasteiger partial charge in [0, 0.05) is 52.3 Å². The Morgan fingerprint density at radius 1 is 0.511 bits per heavy atom. The van der Waals surface area contributed by atoms with E-state index in [1.54, 1.807) is 0 Å².